The third kappa shape index (κ3) is 3.83. The van der Waals surface area contributed by atoms with Crippen molar-refractivity contribution in [1.82, 2.24) is 19.9 Å². The summed E-state index contributed by atoms with van der Waals surface area (Å²) in [5.41, 5.74) is 3.82. The maximum Gasteiger partial charge on any atom is 0.226 e. The van der Waals surface area contributed by atoms with E-state index in [-0.39, 0.29) is 12.3 Å². The van der Waals surface area contributed by atoms with Crippen molar-refractivity contribution in [3.8, 4) is 11.3 Å². The summed E-state index contributed by atoms with van der Waals surface area (Å²) in [6.45, 7) is 0.535. The van der Waals surface area contributed by atoms with E-state index in [9.17, 15) is 4.79 Å². The van der Waals surface area contributed by atoms with Crippen molar-refractivity contribution in [2.75, 3.05) is 0 Å². The summed E-state index contributed by atoms with van der Waals surface area (Å²) in [4.78, 5) is 20.5. The van der Waals surface area contributed by atoms with E-state index < -0.39 is 0 Å². The number of carbonyl (C=O) groups is 1. The van der Waals surface area contributed by atoms with Crippen molar-refractivity contribution < 1.29 is 4.79 Å². The lowest BCUT2D eigenvalue weighted by Gasteiger charge is -2.06. The monoisotopic (exact) mass is 306 g/mol. The predicted molar refractivity (Wildman–Crippen MR) is 88.4 cm³/mol. The second kappa shape index (κ2) is 6.87. The molecule has 0 bridgehead atoms. The molecule has 0 unspecified atom stereocenters. The summed E-state index contributed by atoms with van der Waals surface area (Å²) in [6, 6.07) is 13.7. The van der Waals surface area contributed by atoms with E-state index in [0.29, 0.717) is 6.54 Å². The molecule has 0 aliphatic rings. The number of carbonyl (C=O) groups excluding carboxylic acids is 1. The molecule has 5 heteroatoms. The normalized spacial score (nSPS) is 10.5. The Hall–Kier alpha value is -2.95. The van der Waals surface area contributed by atoms with Gasteiger partial charge in [0, 0.05) is 31.0 Å². The molecule has 116 valence electrons. The van der Waals surface area contributed by atoms with Gasteiger partial charge in [0.05, 0.1) is 24.6 Å². The number of hydrogen-bond acceptors (Lipinski definition) is 3. The Morgan fingerprint density at radius 2 is 1.96 bits per heavy atom. The van der Waals surface area contributed by atoms with Crippen LogP contribution in [0.1, 0.15) is 11.3 Å². The summed E-state index contributed by atoms with van der Waals surface area (Å²) in [6.07, 6.45) is 5.60. The lowest BCUT2D eigenvalue weighted by Crippen LogP contribution is -2.24. The van der Waals surface area contributed by atoms with E-state index in [1.165, 1.54) is 0 Å². The highest BCUT2D eigenvalue weighted by molar-refractivity contribution is 5.78. The zero-order valence-corrected chi connectivity index (χ0v) is 12.9. The van der Waals surface area contributed by atoms with Crippen LogP contribution in [0.3, 0.4) is 0 Å². The van der Waals surface area contributed by atoms with E-state index >= 15 is 0 Å². The molecular weight excluding hydrogens is 288 g/mol. The van der Waals surface area contributed by atoms with Crippen LogP contribution >= 0.6 is 0 Å². The summed E-state index contributed by atoms with van der Waals surface area (Å²) in [7, 11) is 1.94. The Balaban J connectivity index is 1.58. The van der Waals surface area contributed by atoms with Gasteiger partial charge in [0.25, 0.3) is 0 Å². The summed E-state index contributed by atoms with van der Waals surface area (Å²) >= 11 is 0. The van der Waals surface area contributed by atoms with Crippen molar-refractivity contribution in [2.45, 2.75) is 13.0 Å². The summed E-state index contributed by atoms with van der Waals surface area (Å²) in [5, 5.41) is 2.91. The van der Waals surface area contributed by atoms with Crippen LogP contribution in [0, 0.1) is 0 Å². The molecule has 0 fully saturated rings. The van der Waals surface area contributed by atoms with Gasteiger partial charge in [-0.05, 0) is 17.7 Å². The van der Waals surface area contributed by atoms with E-state index in [1.54, 1.807) is 18.7 Å². The molecule has 0 saturated heterocycles. The number of aryl methyl sites for hydroxylation is 1. The fraction of sp³-hybridized carbons (Fsp3) is 0.167. The second-order valence-electron chi connectivity index (χ2n) is 5.37. The molecule has 1 amide bonds. The number of hydrogen-bond donors (Lipinski definition) is 1. The number of imidazole rings is 1. The summed E-state index contributed by atoms with van der Waals surface area (Å²) < 4.78 is 1.93. The molecule has 0 radical (unpaired) electrons. The topological polar surface area (TPSA) is 59.8 Å². The average molecular weight is 306 g/mol. The van der Waals surface area contributed by atoms with Crippen molar-refractivity contribution >= 4 is 5.91 Å². The number of rotatable bonds is 5. The highest BCUT2D eigenvalue weighted by Gasteiger charge is 2.07. The quantitative estimate of drug-likeness (QED) is 0.787. The van der Waals surface area contributed by atoms with E-state index in [0.717, 1.165) is 22.5 Å². The molecule has 0 aliphatic heterocycles. The minimum absolute atomic E-state index is 0.0327. The lowest BCUT2D eigenvalue weighted by atomic mass is 10.1. The third-order valence-electron chi connectivity index (χ3n) is 3.61. The van der Waals surface area contributed by atoms with Gasteiger partial charge in [0.2, 0.25) is 5.91 Å². The van der Waals surface area contributed by atoms with E-state index in [1.807, 2.05) is 54.1 Å². The first-order valence-corrected chi connectivity index (χ1v) is 7.44. The lowest BCUT2D eigenvalue weighted by molar-refractivity contribution is -0.120. The molecule has 3 aromatic rings. The Morgan fingerprint density at radius 1 is 1.13 bits per heavy atom. The predicted octanol–water partition coefficient (Wildman–Crippen LogP) is 2.34. The molecule has 2 aromatic heterocycles. The van der Waals surface area contributed by atoms with Gasteiger partial charge in [-0.25, -0.2) is 4.98 Å². The van der Waals surface area contributed by atoms with Crippen molar-refractivity contribution in [3.63, 3.8) is 0 Å². The minimum atomic E-state index is -0.0327. The van der Waals surface area contributed by atoms with Crippen LogP contribution in [-0.2, 0) is 24.8 Å². The van der Waals surface area contributed by atoms with Crippen LogP contribution in [-0.4, -0.2) is 20.4 Å². The van der Waals surface area contributed by atoms with Gasteiger partial charge in [-0.15, -0.1) is 0 Å². The SMILES string of the molecule is Cn1cncc1-c1ccc(CC(=O)NCc2ccccc2)nc1. The number of aromatic nitrogens is 3. The zero-order valence-electron chi connectivity index (χ0n) is 12.9. The second-order valence-corrected chi connectivity index (χ2v) is 5.37. The number of benzene rings is 1. The van der Waals surface area contributed by atoms with E-state index in [2.05, 4.69) is 15.3 Å². The molecule has 3 rings (SSSR count). The van der Waals surface area contributed by atoms with Gasteiger partial charge >= 0.3 is 0 Å². The Morgan fingerprint density at radius 3 is 2.61 bits per heavy atom. The molecule has 0 spiro atoms. The zero-order chi connectivity index (χ0) is 16.1. The standard InChI is InChI=1S/C18H18N4O/c1-22-13-19-12-17(22)15-7-8-16(20-11-15)9-18(23)21-10-14-5-3-2-4-6-14/h2-8,11-13H,9-10H2,1H3,(H,21,23). The number of nitrogens with zero attached hydrogens (tertiary/aromatic N) is 3. The average Bonchev–Trinajstić information content (AvgIpc) is 3.01. The first kappa shape index (κ1) is 15.0. The molecule has 2 heterocycles. The van der Waals surface area contributed by atoms with Crippen molar-refractivity contribution in [1.29, 1.82) is 0 Å². The van der Waals surface area contributed by atoms with Gasteiger partial charge in [0.15, 0.2) is 0 Å². The van der Waals surface area contributed by atoms with Crippen LogP contribution in [0.25, 0.3) is 11.3 Å². The van der Waals surface area contributed by atoms with Crippen LogP contribution in [0.5, 0.6) is 0 Å². The Bertz CT molecular complexity index is 778. The van der Waals surface area contributed by atoms with Gasteiger partial charge in [0.1, 0.15) is 0 Å². The van der Waals surface area contributed by atoms with Gasteiger partial charge < -0.3 is 9.88 Å². The Labute approximate surface area is 135 Å². The van der Waals surface area contributed by atoms with Crippen LogP contribution < -0.4 is 5.32 Å². The van der Waals surface area contributed by atoms with E-state index in [4.69, 9.17) is 0 Å². The molecule has 0 saturated carbocycles. The van der Waals surface area contributed by atoms with Crippen LogP contribution in [0.2, 0.25) is 0 Å². The maximum absolute atomic E-state index is 12.0. The molecular formula is C18H18N4O. The minimum Gasteiger partial charge on any atom is -0.352 e. The molecule has 0 atom stereocenters. The van der Waals surface area contributed by atoms with Gasteiger partial charge in [-0.3, -0.25) is 9.78 Å². The van der Waals surface area contributed by atoms with Gasteiger partial charge in [-0.1, -0.05) is 30.3 Å². The highest BCUT2D eigenvalue weighted by Crippen LogP contribution is 2.17. The fourth-order valence-corrected chi connectivity index (χ4v) is 2.34. The molecule has 1 N–H and O–H groups in total. The first-order chi connectivity index (χ1) is 11.2. The van der Waals surface area contributed by atoms with Crippen LogP contribution in [0.15, 0.2) is 61.2 Å². The van der Waals surface area contributed by atoms with Gasteiger partial charge in [-0.2, -0.15) is 0 Å². The smallest absolute Gasteiger partial charge is 0.226 e. The molecule has 0 aliphatic carbocycles. The Kier molecular flexibility index (Phi) is 4.47. The highest BCUT2D eigenvalue weighted by atomic mass is 16.1. The largest absolute Gasteiger partial charge is 0.352 e. The number of nitrogens with one attached hydrogen (secondary N) is 1. The van der Waals surface area contributed by atoms with Crippen LogP contribution in [0.4, 0.5) is 0 Å². The van der Waals surface area contributed by atoms with Crippen molar-refractivity contribution in [3.05, 3.63) is 72.4 Å². The first-order valence-electron chi connectivity index (χ1n) is 7.44. The number of pyridine rings is 1. The molecule has 5 nitrogen and oxygen atoms in total. The molecule has 23 heavy (non-hydrogen) atoms. The number of amides is 1. The third-order valence-corrected chi connectivity index (χ3v) is 3.61. The maximum atomic E-state index is 12.0. The molecule has 1 aromatic carbocycles. The summed E-state index contributed by atoms with van der Waals surface area (Å²) in [5.74, 6) is -0.0327. The van der Waals surface area contributed by atoms with Crippen molar-refractivity contribution in [2.24, 2.45) is 7.05 Å². The fourth-order valence-electron chi connectivity index (χ4n) is 2.34.